The molecular formula is C75H111BrCl7N3O13S2. The SMILES string of the molecule is C.CC(=O)C1CCc2ccc(Br)cc21.CC(=O)Cl.CC(C)C(=O)Cl.CC(C)CC(=O)Cl.CC(C)CCC(=O)Cl.CC(C)c1ccc(S(=O)(=O)NC(C)(C)C)cc1.CCC(C)C(=O)Cl.CCCC(=O)Cl.CCCCC(=O)Cl.NS(=O)(=O)c1ccc(C2=CC3(CCNCC3)Oc3ccccc32)cc1. The van der Waals surface area contributed by atoms with Crippen LogP contribution >= 0.6 is 97.1 Å². The zero-order chi connectivity index (χ0) is 77.9. The van der Waals surface area contributed by atoms with E-state index in [4.69, 9.17) is 79.5 Å². The Hall–Kier alpha value is -3.93. The van der Waals surface area contributed by atoms with E-state index in [1.165, 1.54) is 18.1 Å². The highest BCUT2D eigenvalue weighted by molar-refractivity contribution is 9.10. The molecule has 1 fully saturated rings. The standard InChI is InChI=1S/C19H20N2O3S.C13H21NO2S.C11H11BrO.C6H11ClO.3C5H9ClO.2C4H7ClO.C2H3ClO.CH4/c20-25(22,23)15-7-5-14(6-8-15)17-13-19(9-11-21-12-10-19)24-18-4-2-1-3-16(17)18;1-10(2)11-6-8-12(9-7-11)17(15,16)14-13(3,4)5;1-7(13)10-5-3-8-2-4-9(12)6-11(8)10;1-5(2)3-4-6(7)8;1-4(2)3-5(6)7;1-3-4(2)5(6)7;1-2-3-4-5(6)7;1-3(2)4(5)6;1-2-3-4(5)6;1-2(3)4;/h1-8,13,21H,9-12H2,(H2,20,22,23);6-10,14H,1-5H3;2,4,6,10H,3,5H2,1H3;5H,3-4H2,1-2H3;2*4H,3H2,1-2H3;2-4H2,1H3;3H,1-2H3;2-3H2,1H3;1H3;1H4. The van der Waals surface area contributed by atoms with E-state index >= 15 is 0 Å². The third-order valence-electron chi connectivity index (χ3n) is 13.9. The molecule has 2 aliphatic heterocycles. The Morgan fingerprint density at radius 2 is 1.16 bits per heavy atom. The van der Waals surface area contributed by atoms with Crippen LogP contribution < -0.4 is 19.9 Å². The number of para-hydroxylation sites is 1. The summed E-state index contributed by atoms with van der Waals surface area (Å²) in [4.78, 5) is 80.9. The highest BCUT2D eigenvalue weighted by atomic mass is 79.9. The van der Waals surface area contributed by atoms with Crippen LogP contribution in [0.3, 0.4) is 0 Å². The van der Waals surface area contributed by atoms with Gasteiger partial charge in [0.15, 0.2) is 0 Å². The summed E-state index contributed by atoms with van der Waals surface area (Å²) in [7, 11) is -7.10. The molecule has 0 aromatic heterocycles. The molecule has 2 unspecified atom stereocenters. The van der Waals surface area contributed by atoms with Gasteiger partial charge in [-0.25, -0.2) is 26.7 Å². The van der Waals surface area contributed by atoms with Crippen molar-refractivity contribution >= 4 is 165 Å². The number of piperidine rings is 1. The van der Waals surface area contributed by atoms with Gasteiger partial charge in [0, 0.05) is 78.8 Å². The van der Waals surface area contributed by atoms with E-state index in [0.29, 0.717) is 48.3 Å². The van der Waals surface area contributed by atoms with Gasteiger partial charge in [0.05, 0.1) is 9.79 Å². The van der Waals surface area contributed by atoms with Gasteiger partial charge in [-0.2, -0.15) is 0 Å². The van der Waals surface area contributed by atoms with Crippen molar-refractivity contribution in [3.8, 4) is 5.75 Å². The lowest BCUT2D eigenvalue weighted by atomic mass is 9.83. The largest absolute Gasteiger partial charge is 0.482 e. The van der Waals surface area contributed by atoms with Crippen molar-refractivity contribution in [3.05, 3.63) is 129 Å². The van der Waals surface area contributed by atoms with Crippen LogP contribution in [0.1, 0.15) is 242 Å². The van der Waals surface area contributed by atoms with Gasteiger partial charge in [0.2, 0.25) is 56.7 Å². The number of benzene rings is 4. The Kier molecular flexibility index (Phi) is 55.9. The van der Waals surface area contributed by atoms with Gasteiger partial charge in [0.25, 0.3) is 0 Å². The quantitative estimate of drug-likeness (QED) is 0.0737. The number of ether oxygens (including phenoxy) is 1. The molecule has 101 heavy (non-hydrogen) atoms. The van der Waals surface area contributed by atoms with E-state index in [1.54, 1.807) is 45.0 Å². The Balaban J connectivity index is -0.000000549. The van der Waals surface area contributed by atoms with Gasteiger partial charge in [0.1, 0.15) is 17.1 Å². The fourth-order valence-corrected chi connectivity index (χ4v) is 11.6. The number of primary sulfonamides is 1. The number of unbranched alkanes of at least 4 members (excludes halogenated alkanes) is 1. The van der Waals surface area contributed by atoms with Gasteiger partial charge in [-0.15, -0.1) is 0 Å². The fraction of sp³-hybridized carbons (Fsp3) is 0.547. The predicted octanol–water partition coefficient (Wildman–Crippen LogP) is 20.3. The van der Waals surface area contributed by atoms with Crippen molar-refractivity contribution in [3.63, 3.8) is 0 Å². The summed E-state index contributed by atoms with van der Waals surface area (Å²) >= 11 is 38.2. The smallest absolute Gasteiger partial charge is 0.241 e. The topological polar surface area (TPSA) is 264 Å². The molecule has 16 nitrogen and oxygen atoms in total. The lowest BCUT2D eigenvalue weighted by molar-refractivity contribution is -0.118. The molecule has 4 N–H and O–H groups in total. The maximum Gasteiger partial charge on any atom is 0.241 e. The molecule has 1 spiro atoms. The number of fused-ring (bicyclic) bond motifs is 2. The minimum atomic E-state index is -3.69. The number of rotatable bonds is 19. The van der Waals surface area contributed by atoms with E-state index in [9.17, 15) is 55.2 Å². The van der Waals surface area contributed by atoms with Gasteiger partial charge < -0.3 is 10.1 Å². The zero-order valence-electron chi connectivity index (χ0n) is 61.0. The first-order chi connectivity index (χ1) is 46.1. The minimum Gasteiger partial charge on any atom is -0.482 e. The lowest BCUT2D eigenvalue weighted by Gasteiger charge is -2.40. The van der Waals surface area contributed by atoms with Crippen LogP contribution in [0, 0.1) is 23.7 Å². The number of nitrogens with one attached hydrogen (secondary N) is 2. The van der Waals surface area contributed by atoms with Crippen LogP contribution in [0.2, 0.25) is 0 Å². The first-order valence-electron chi connectivity index (χ1n) is 33.2. The summed E-state index contributed by atoms with van der Waals surface area (Å²) in [6, 6.07) is 28.0. The zero-order valence-corrected chi connectivity index (χ0v) is 69.5. The van der Waals surface area contributed by atoms with Crippen molar-refractivity contribution in [1.29, 1.82) is 0 Å². The summed E-state index contributed by atoms with van der Waals surface area (Å²) in [5.74, 6) is 2.69. The second-order valence-corrected chi connectivity index (χ2v) is 33.1. The summed E-state index contributed by atoms with van der Waals surface area (Å²) in [5.41, 5.74) is 5.98. The highest BCUT2D eigenvalue weighted by Crippen LogP contribution is 2.43. The number of ketones is 1. The first-order valence-corrected chi connectivity index (χ1v) is 39.6. The molecule has 0 bridgehead atoms. The maximum absolute atomic E-state index is 12.0. The molecule has 572 valence electrons. The average molecular weight is 1650 g/mol. The van der Waals surface area contributed by atoms with Gasteiger partial charge in [-0.05, 0) is 255 Å². The third-order valence-corrected chi connectivity index (χ3v) is 18.7. The number of sulfonamides is 2. The Morgan fingerprint density at radius 1 is 0.663 bits per heavy atom. The van der Waals surface area contributed by atoms with E-state index in [0.717, 1.165) is 103 Å². The normalized spacial score (nSPS) is 13.8. The molecule has 4 aromatic carbocycles. The minimum absolute atomic E-state index is 0. The number of carbonyl (C=O) groups excluding carboxylic acids is 8. The molecule has 0 radical (unpaired) electrons. The first kappa shape index (κ1) is 103. The molecule has 3 aliphatic rings. The van der Waals surface area contributed by atoms with Gasteiger partial charge >= 0.3 is 0 Å². The molecule has 2 heterocycles. The predicted molar refractivity (Wildman–Crippen MR) is 424 cm³/mol. The van der Waals surface area contributed by atoms with E-state index in [-0.39, 0.29) is 78.2 Å². The molecule has 0 amide bonds. The number of Topliss-reactive ketones (excluding diaryl/α,β-unsaturated/α-hetero) is 1. The molecular weight excluding hydrogens is 1540 g/mol. The van der Waals surface area contributed by atoms with E-state index in [1.807, 2.05) is 117 Å². The number of nitrogens with two attached hydrogens (primary N) is 1. The summed E-state index contributed by atoms with van der Waals surface area (Å²) in [6.07, 6.45) is 12.6. The number of halogens is 8. The van der Waals surface area contributed by atoms with E-state index in [2.05, 4.69) is 83.5 Å². The van der Waals surface area contributed by atoms with Crippen LogP contribution in [-0.2, 0) is 64.8 Å². The number of aryl methyl sites for hydroxylation is 1. The van der Waals surface area contributed by atoms with Crippen LogP contribution in [0.4, 0.5) is 0 Å². The van der Waals surface area contributed by atoms with Crippen LogP contribution in [0.25, 0.3) is 5.57 Å². The van der Waals surface area contributed by atoms with Crippen LogP contribution in [0.5, 0.6) is 5.75 Å². The molecule has 1 aliphatic carbocycles. The molecule has 0 saturated carbocycles. The van der Waals surface area contributed by atoms with Gasteiger partial charge in [-0.1, -0.05) is 161 Å². The van der Waals surface area contributed by atoms with E-state index < -0.39 is 25.6 Å². The lowest BCUT2D eigenvalue weighted by Crippen LogP contribution is -2.46. The molecule has 7 rings (SSSR count). The summed E-state index contributed by atoms with van der Waals surface area (Å²) < 4.78 is 57.1. The maximum atomic E-state index is 12.0. The Morgan fingerprint density at radius 3 is 1.50 bits per heavy atom. The highest BCUT2D eigenvalue weighted by Gasteiger charge is 2.37. The molecule has 1 saturated heterocycles. The molecule has 4 aromatic rings. The van der Waals surface area contributed by atoms with Crippen molar-refractivity contribution in [2.45, 2.75) is 241 Å². The summed E-state index contributed by atoms with van der Waals surface area (Å²) in [5, 5.41) is 6.79. The number of hydrogen-bond acceptors (Lipinski definition) is 14. The Labute approximate surface area is 648 Å². The molecule has 2 atom stereocenters. The fourth-order valence-electron chi connectivity index (χ4n) is 8.41. The number of hydrogen-bond donors (Lipinski definition) is 3. The monoisotopic (exact) mass is 1650 g/mol. The number of carbonyl (C=O) groups is 8. The molecule has 26 heteroatoms. The van der Waals surface area contributed by atoms with Crippen molar-refractivity contribution < 1.29 is 59.9 Å². The van der Waals surface area contributed by atoms with Gasteiger partial charge in [-0.3, -0.25) is 38.4 Å². The van der Waals surface area contributed by atoms with Crippen molar-refractivity contribution in [2.24, 2.45) is 28.8 Å². The Bertz CT molecular complexity index is 3410. The second-order valence-electron chi connectivity index (χ2n) is 26.0. The second kappa shape index (κ2) is 54.6. The summed E-state index contributed by atoms with van der Waals surface area (Å²) in [6.45, 7) is 33.7. The third kappa shape index (κ3) is 51.0. The van der Waals surface area contributed by atoms with Crippen molar-refractivity contribution in [1.82, 2.24) is 10.0 Å². The van der Waals surface area contributed by atoms with Crippen molar-refractivity contribution in [2.75, 3.05) is 13.1 Å². The average Bonchev–Trinajstić information content (AvgIpc) is 1.36. The van der Waals surface area contributed by atoms with Crippen LogP contribution in [0.15, 0.2) is 111 Å². The van der Waals surface area contributed by atoms with Crippen LogP contribution in [-0.4, -0.2) is 83.5 Å².